The highest BCUT2D eigenvalue weighted by Gasteiger charge is 2.28. The van der Waals surface area contributed by atoms with E-state index < -0.39 is 0 Å². The van der Waals surface area contributed by atoms with Crippen molar-refractivity contribution < 1.29 is 4.79 Å². The van der Waals surface area contributed by atoms with E-state index in [1.165, 1.54) is 17.9 Å². The standard InChI is InChI=1S/C11H20N2OS/c14-11(10-1-2-10)13-5-4-12-7-9-3-6-15-8-9/h9-10,12H,1-8H2,(H,13,14). The maximum Gasteiger partial charge on any atom is 0.223 e. The largest absolute Gasteiger partial charge is 0.355 e. The Bertz CT molecular complexity index is 213. The molecule has 86 valence electrons. The van der Waals surface area contributed by atoms with Gasteiger partial charge in [0.25, 0.3) is 0 Å². The van der Waals surface area contributed by atoms with Crippen LogP contribution in [0.1, 0.15) is 19.3 Å². The minimum Gasteiger partial charge on any atom is -0.355 e. The molecule has 2 rings (SSSR count). The summed E-state index contributed by atoms with van der Waals surface area (Å²) >= 11 is 2.05. The Morgan fingerprint density at radius 2 is 2.13 bits per heavy atom. The van der Waals surface area contributed by atoms with Crippen molar-refractivity contribution in [2.75, 3.05) is 31.1 Å². The molecule has 1 heterocycles. The van der Waals surface area contributed by atoms with E-state index in [0.717, 1.165) is 38.4 Å². The van der Waals surface area contributed by atoms with Crippen LogP contribution in [-0.4, -0.2) is 37.0 Å². The zero-order chi connectivity index (χ0) is 10.5. The van der Waals surface area contributed by atoms with Crippen molar-refractivity contribution in [2.24, 2.45) is 11.8 Å². The molecule has 0 aromatic heterocycles. The maximum absolute atomic E-state index is 11.3. The highest BCUT2D eigenvalue weighted by molar-refractivity contribution is 7.99. The number of nitrogens with one attached hydrogen (secondary N) is 2. The first-order valence-corrected chi connectivity index (χ1v) is 7.08. The van der Waals surface area contributed by atoms with Gasteiger partial charge in [-0.15, -0.1) is 0 Å². The quantitative estimate of drug-likeness (QED) is 0.662. The van der Waals surface area contributed by atoms with Gasteiger partial charge in [0.2, 0.25) is 5.91 Å². The lowest BCUT2D eigenvalue weighted by molar-refractivity contribution is -0.122. The van der Waals surface area contributed by atoms with Crippen LogP contribution >= 0.6 is 11.8 Å². The molecule has 1 atom stereocenters. The average Bonchev–Trinajstić information content (AvgIpc) is 2.97. The van der Waals surface area contributed by atoms with Crippen LogP contribution in [0, 0.1) is 11.8 Å². The second-order valence-electron chi connectivity index (χ2n) is 4.50. The van der Waals surface area contributed by atoms with Gasteiger partial charge in [-0.1, -0.05) is 0 Å². The zero-order valence-electron chi connectivity index (χ0n) is 9.13. The topological polar surface area (TPSA) is 41.1 Å². The highest BCUT2D eigenvalue weighted by atomic mass is 32.2. The van der Waals surface area contributed by atoms with E-state index >= 15 is 0 Å². The lowest BCUT2D eigenvalue weighted by atomic mass is 10.1. The molecule has 1 amide bonds. The van der Waals surface area contributed by atoms with Gasteiger partial charge >= 0.3 is 0 Å². The molecule has 1 unspecified atom stereocenters. The molecule has 1 aliphatic heterocycles. The van der Waals surface area contributed by atoms with Crippen molar-refractivity contribution in [3.63, 3.8) is 0 Å². The molecule has 1 aliphatic carbocycles. The van der Waals surface area contributed by atoms with Crippen LogP contribution in [-0.2, 0) is 4.79 Å². The van der Waals surface area contributed by atoms with Gasteiger partial charge in [0.1, 0.15) is 0 Å². The molecule has 2 fully saturated rings. The Labute approximate surface area is 95.8 Å². The number of amides is 1. The molecule has 1 saturated carbocycles. The van der Waals surface area contributed by atoms with Gasteiger partial charge in [-0.3, -0.25) is 4.79 Å². The van der Waals surface area contributed by atoms with Crippen LogP contribution in [0.4, 0.5) is 0 Å². The Balaban J connectivity index is 1.42. The Kier molecular flexibility index (Phi) is 4.32. The van der Waals surface area contributed by atoms with Gasteiger partial charge in [0.15, 0.2) is 0 Å². The summed E-state index contributed by atoms with van der Waals surface area (Å²) in [5.74, 6) is 4.09. The molecule has 0 bridgehead atoms. The number of rotatable bonds is 6. The fraction of sp³-hybridized carbons (Fsp3) is 0.909. The first kappa shape index (κ1) is 11.3. The van der Waals surface area contributed by atoms with E-state index in [9.17, 15) is 4.79 Å². The van der Waals surface area contributed by atoms with Crippen LogP contribution in [0.5, 0.6) is 0 Å². The highest BCUT2D eigenvalue weighted by Crippen LogP contribution is 2.28. The number of thioether (sulfide) groups is 1. The second kappa shape index (κ2) is 5.75. The van der Waals surface area contributed by atoms with Crippen LogP contribution in [0.25, 0.3) is 0 Å². The van der Waals surface area contributed by atoms with E-state index in [0.29, 0.717) is 5.92 Å². The van der Waals surface area contributed by atoms with Crippen molar-refractivity contribution in [1.29, 1.82) is 0 Å². The summed E-state index contributed by atoms with van der Waals surface area (Å²) in [4.78, 5) is 11.3. The Morgan fingerprint density at radius 1 is 1.27 bits per heavy atom. The normalized spacial score (nSPS) is 25.5. The van der Waals surface area contributed by atoms with Crippen LogP contribution < -0.4 is 10.6 Å². The molecule has 0 aromatic carbocycles. The van der Waals surface area contributed by atoms with Crippen molar-refractivity contribution >= 4 is 17.7 Å². The predicted molar refractivity (Wildman–Crippen MR) is 64.0 cm³/mol. The molecule has 0 aromatic rings. The number of carbonyl (C=O) groups is 1. The van der Waals surface area contributed by atoms with Crippen molar-refractivity contribution in [2.45, 2.75) is 19.3 Å². The van der Waals surface area contributed by atoms with Gasteiger partial charge in [-0.2, -0.15) is 11.8 Å². The molecular formula is C11H20N2OS. The Morgan fingerprint density at radius 3 is 2.80 bits per heavy atom. The van der Waals surface area contributed by atoms with Gasteiger partial charge in [-0.05, 0) is 43.2 Å². The van der Waals surface area contributed by atoms with Gasteiger partial charge in [0, 0.05) is 19.0 Å². The van der Waals surface area contributed by atoms with Crippen LogP contribution in [0.2, 0.25) is 0 Å². The molecule has 2 N–H and O–H groups in total. The molecule has 4 heteroatoms. The van der Waals surface area contributed by atoms with E-state index in [-0.39, 0.29) is 5.91 Å². The van der Waals surface area contributed by atoms with Gasteiger partial charge in [0.05, 0.1) is 0 Å². The smallest absolute Gasteiger partial charge is 0.223 e. The minimum atomic E-state index is 0.258. The number of carbonyl (C=O) groups excluding carboxylic acids is 1. The third kappa shape index (κ3) is 4.03. The predicted octanol–water partition coefficient (Wildman–Crippen LogP) is 0.855. The molecule has 15 heavy (non-hydrogen) atoms. The first-order valence-electron chi connectivity index (χ1n) is 5.92. The van der Waals surface area contributed by atoms with Crippen molar-refractivity contribution in [1.82, 2.24) is 10.6 Å². The minimum absolute atomic E-state index is 0.258. The van der Waals surface area contributed by atoms with Crippen molar-refractivity contribution in [3.8, 4) is 0 Å². The number of hydrogen-bond acceptors (Lipinski definition) is 3. The average molecular weight is 228 g/mol. The fourth-order valence-corrected chi connectivity index (χ4v) is 3.10. The van der Waals surface area contributed by atoms with Gasteiger partial charge in [-0.25, -0.2) is 0 Å². The molecule has 3 nitrogen and oxygen atoms in total. The van der Waals surface area contributed by atoms with Gasteiger partial charge < -0.3 is 10.6 Å². The summed E-state index contributed by atoms with van der Waals surface area (Å²) in [6.45, 7) is 2.82. The van der Waals surface area contributed by atoms with Crippen molar-refractivity contribution in [3.05, 3.63) is 0 Å². The molecule has 0 spiro atoms. The van der Waals surface area contributed by atoms with E-state index in [4.69, 9.17) is 0 Å². The molecule has 2 aliphatic rings. The lowest BCUT2D eigenvalue weighted by Crippen LogP contribution is -2.34. The maximum atomic E-state index is 11.3. The fourth-order valence-electron chi connectivity index (χ4n) is 1.81. The summed E-state index contributed by atoms with van der Waals surface area (Å²) < 4.78 is 0. The lowest BCUT2D eigenvalue weighted by Gasteiger charge is -2.10. The Hall–Kier alpha value is -0.220. The summed E-state index contributed by atoms with van der Waals surface area (Å²) in [5.41, 5.74) is 0. The van der Waals surface area contributed by atoms with Crippen LogP contribution in [0.3, 0.4) is 0 Å². The summed E-state index contributed by atoms with van der Waals surface area (Å²) in [6, 6.07) is 0. The molecule has 0 radical (unpaired) electrons. The van der Waals surface area contributed by atoms with E-state index in [1.807, 2.05) is 0 Å². The third-order valence-corrected chi connectivity index (χ3v) is 4.24. The zero-order valence-corrected chi connectivity index (χ0v) is 9.94. The van der Waals surface area contributed by atoms with E-state index in [1.54, 1.807) is 0 Å². The van der Waals surface area contributed by atoms with E-state index in [2.05, 4.69) is 22.4 Å². The summed E-state index contributed by atoms with van der Waals surface area (Å²) in [7, 11) is 0. The molecule has 1 saturated heterocycles. The van der Waals surface area contributed by atoms with Crippen LogP contribution in [0.15, 0.2) is 0 Å². The SMILES string of the molecule is O=C(NCCNCC1CCSC1)C1CC1. The summed E-state index contributed by atoms with van der Waals surface area (Å²) in [6.07, 6.45) is 3.54. The summed E-state index contributed by atoms with van der Waals surface area (Å²) in [5, 5.41) is 6.38. The second-order valence-corrected chi connectivity index (χ2v) is 5.65. The first-order chi connectivity index (χ1) is 7.36. The number of hydrogen-bond donors (Lipinski definition) is 2. The third-order valence-electron chi connectivity index (χ3n) is 3.01. The molecular weight excluding hydrogens is 208 g/mol. The monoisotopic (exact) mass is 228 g/mol.